The van der Waals surface area contributed by atoms with Crippen LogP contribution in [0.15, 0.2) is 41.6 Å². The summed E-state index contributed by atoms with van der Waals surface area (Å²) in [4.78, 5) is 4.11. The number of hydrogen-bond acceptors (Lipinski definition) is 2. The molecule has 0 aliphatic carbocycles. The van der Waals surface area contributed by atoms with Crippen LogP contribution in [0.25, 0.3) is 10.8 Å². The minimum absolute atomic E-state index is 0.665. The van der Waals surface area contributed by atoms with E-state index in [9.17, 15) is 4.21 Å². The van der Waals surface area contributed by atoms with Crippen LogP contribution in [-0.2, 0) is 10.8 Å². The second-order valence-corrected chi connectivity index (χ2v) is 4.09. The summed E-state index contributed by atoms with van der Waals surface area (Å²) in [6.45, 7) is 0. The highest BCUT2D eigenvalue weighted by Gasteiger charge is 2.03. The summed E-state index contributed by atoms with van der Waals surface area (Å²) in [7, 11) is -1.01. The Kier molecular flexibility index (Phi) is 2.10. The van der Waals surface area contributed by atoms with Crippen molar-refractivity contribution in [2.45, 2.75) is 5.03 Å². The minimum Gasteiger partial charge on any atom is -0.253 e. The molecule has 2 nitrogen and oxygen atoms in total. The van der Waals surface area contributed by atoms with Crippen molar-refractivity contribution in [1.82, 2.24) is 4.98 Å². The van der Waals surface area contributed by atoms with E-state index in [1.54, 1.807) is 12.5 Å². The van der Waals surface area contributed by atoms with Gasteiger partial charge in [0.15, 0.2) is 0 Å². The first-order valence-corrected chi connectivity index (χ1v) is 5.52. The van der Waals surface area contributed by atoms with E-state index < -0.39 is 10.8 Å². The monoisotopic (exact) mass is 191 g/mol. The Labute approximate surface area is 79.1 Å². The second-order valence-electron chi connectivity index (χ2n) is 2.79. The number of fused-ring (bicyclic) bond motifs is 1. The van der Waals surface area contributed by atoms with Crippen LogP contribution in [0.3, 0.4) is 0 Å². The van der Waals surface area contributed by atoms with Crippen LogP contribution in [0, 0.1) is 0 Å². The molecule has 0 radical (unpaired) electrons. The zero-order chi connectivity index (χ0) is 9.26. The van der Waals surface area contributed by atoms with E-state index >= 15 is 0 Å². The van der Waals surface area contributed by atoms with Gasteiger partial charge in [-0.05, 0) is 11.5 Å². The topological polar surface area (TPSA) is 30.0 Å². The van der Waals surface area contributed by atoms with Gasteiger partial charge in [-0.3, -0.25) is 4.21 Å². The fraction of sp³-hybridized carbons (Fsp3) is 0.100. The first-order chi connectivity index (χ1) is 6.29. The smallest absolute Gasteiger partial charge is 0.134 e. The van der Waals surface area contributed by atoms with Crippen molar-refractivity contribution >= 4 is 21.6 Å². The van der Waals surface area contributed by atoms with Crippen molar-refractivity contribution in [2.24, 2.45) is 0 Å². The zero-order valence-corrected chi connectivity index (χ0v) is 8.04. The van der Waals surface area contributed by atoms with E-state index in [1.807, 2.05) is 30.3 Å². The fourth-order valence-corrected chi connectivity index (χ4v) is 2.03. The molecule has 1 aromatic carbocycles. The van der Waals surface area contributed by atoms with E-state index in [2.05, 4.69) is 4.98 Å². The van der Waals surface area contributed by atoms with Crippen LogP contribution in [0.4, 0.5) is 0 Å². The maximum absolute atomic E-state index is 11.3. The van der Waals surface area contributed by atoms with Crippen molar-refractivity contribution in [2.75, 3.05) is 6.26 Å². The maximum Gasteiger partial charge on any atom is 0.134 e. The van der Waals surface area contributed by atoms with Crippen LogP contribution in [-0.4, -0.2) is 15.4 Å². The first kappa shape index (κ1) is 8.38. The van der Waals surface area contributed by atoms with Gasteiger partial charge in [0.1, 0.15) is 5.03 Å². The number of benzene rings is 1. The second kappa shape index (κ2) is 3.26. The molecule has 1 unspecified atom stereocenters. The number of rotatable bonds is 1. The molecule has 3 heteroatoms. The van der Waals surface area contributed by atoms with Gasteiger partial charge < -0.3 is 0 Å². The predicted molar refractivity (Wildman–Crippen MR) is 54.1 cm³/mol. The standard InChI is InChI=1S/C10H9NOS/c1-13(12)10-9-5-3-2-4-8(9)6-7-11-10/h2-7H,1H3. The molecule has 66 valence electrons. The Morgan fingerprint density at radius 1 is 1.23 bits per heavy atom. The van der Waals surface area contributed by atoms with Crippen LogP contribution >= 0.6 is 0 Å². The maximum atomic E-state index is 11.3. The third-order valence-corrected chi connectivity index (χ3v) is 2.78. The molecule has 0 amide bonds. The van der Waals surface area contributed by atoms with Gasteiger partial charge >= 0.3 is 0 Å². The van der Waals surface area contributed by atoms with E-state index in [-0.39, 0.29) is 0 Å². The van der Waals surface area contributed by atoms with Gasteiger partial charge in [0.2, 0.25) is 0 Å². The number of hydrogen-bond donors (Lipinski definition) is 0. The molecule has 0 saturated carbocycles. The van der Waals surface area contributed by atoms with Gasteiger partial charge in [-0.1, -0.05) is 24.3 Å². The fourth-order valence-electron chi connectivity index (χ4n) is 1.32. The van der Waals surface area contributed by atoms with E-state index in [4.69, 9.17) is 0 Å². The van der Waals surface area contributed by atoms with Crippen molar-refractivity contribution in [3.63, 3.8) is 0 Å². The van der Waals surface area contributed by atoms with Crippen LogP contribution < -0.4 is 0 Å². The molecule has 0 aliphatic heterocycles. The minimum atomic E-state index is -1.01. The van der Waals surface area contributed by atoms with Gasteiger partial charge in [-0.15, -0.1) is 0 Å². The highest BCUT2D eigenvalue weighted by molar-refractivity contribution is 7.84. The molecule has 0 aliphatic rings. The summed E-state index contributed by atoms with van der Waals surface area (Å²) in [5, 5.41) is 2.73. The van der Waals surface area contributed by atoms with Gasteiger partial charge in [-0.2, -0.15) is 0 Å². The number of nitrogens with zero attached hydrogens (tertiary/aromatic N) is 1. The lowest BCUT2D eigenvalue weighted by Gasteiger charge is -2.00. The van der Waals surface area contributed by atoms with Gasteiger partial charge in [0.05, 0.1) is 10.8 Å². The van der Waals surface area contributed by atoms with Crippen LogP contribution in [0.1, 0.15) is 0 Å². The Morgan fingerprint density at radius 2 is 2.00 bits per heavy atom. The van der Waals surface area contributed by atoms with Crippen molar-refractivity contribution in [3.8, 4) is 0 Å². The molecular weight excluding hydrogens is 182 g/mol. The van der Waals surface area contributed by atoms with E-state index in [0.29, 0.717) is 5.03 Å². The quantitative estimate of drug-likeness (QED) is 0.689. The van der Waals surface area contributed by atoms with Crippen LogP contribution in [0.2, 0.25) is 0 Å². The lowest BCUT2D eigenvalue weighted by molar-refractivity contribution is 0.685. The molecular formula is C10H9NOS. The number of pyridine rings is 1. The van der Waals surface area contributed by atoms with Crippen LogP contribution in [0.5, 0.6) is 0 Å². The highest BCUT2D eigenvalue weighted by atomic mass is 32.2. The number of aromatic nitrogens is 1. The predicted octanol–water partition coefficient (Wildman–Crippen LogP) is 1.97. The zero-order valence-electron chi connectivity index (χ0n) is 7.23. The van der Waals surface area contributed by atoms with Crippen molar-refractivity contribution in [3.05, 3.63) is 36.5 Å². The molecule has 0 saturated heterocycles. The summed E-state index contributed by atoms with van der Waals surface area (Å²) in [6.07, 6.45) is 3.34. The lowest BCUT2D eigenvalue weighted by atomic mass is 10.2. The molecule has 2 aromatic rings. The molecule has 0 N–H and O–H groups in total. The molecule has 0 fully saturated rings. The average molecular weight is 191 g/mol. The molecule has 13 heavy (non-hydrogen) atoms. The van der Waals surface area contributed by atoms with E-state index in [0.717, 1.165) is 10.8 Å². The van der Waals surface area contributed by atoms with E-state index in [1.165, 1.54) is 0 Å². The summed E-state index contributed by atoms with van der Waals surface area (Å²) < 4.78 is 11.3. The van der Waals surface area contributed by atoms with Crippen molar-refractivity contribution < 1.29 is 4.21 Å². The SMILES string of the molecule is CS(=O)c1nccc2ccccc12. The van der Waals surface area contributed by atoms with Crippen molar-refractivity contribution in [1.29, 1.82) is 0 Å². The Bertz CT molecular complexity index is 462. The summed E-state index contributed by atoms with van der Waals surface area (Å²) in [5.41, 5.74) is 0. The third-order valence-electron chi connectivity index (χ3n) is 1.91. The molecule has 1 atom stereocenters. The first-order valence-electron chi connectivity index (χ1n) is 3.96. The molecule has 1 aromatic heterocycles. The van der Waals surface area contributed by atoms with Gasteiger partial charge in [-0.25, -0.2) is 4.98 Å². The Hall–Kier alpha value is -1.22. The summed E-state index contributed by atoms with van der Waals surface area (Å²) in [6, 6.07) is 9.75. The normalized spacial score (nSPS) is 13.0. The molecule has 1 heterocycles. The van der Waals surface area contributed by atoms with Gasteiger partial charge in [0.25, 0.3) is 0 Å². The summed E-state index contributed by atoms with van der Waals surface area (Å²) >= 11 is 0. The molecule has 2 rings (SSSR count). The Balaban J connectivity index is 2.83. The Morgan fingerprint density at radius 3 is 2.77 bits per heavy atom. The average Bonchev–Trinajstić information content (AvgIpc) is 2.17. The molecule has 0 bridgehead atoms. The molecule has 0 spiro atoms. The largest absolute Gasteiger partial charge is 0.253 e. The third kappa shape index (κ3) is 1.47. The van der Waals surface area contributed by atoms with Gasteiger partial charge in [0, 0.05) is 17.8 Å². The highest BCUT2D eigenvalue weighted by Crippen LogP contribution is 2.17. The summed E-state index contributed by atoms with van der Waals surface area (Å²) in [5.74, 6) is 0. The lowest BCUT2D eigenvalue weighted by Crippen LogP contribution is -1.92.